The van der Waals surface area contributed by atoms with E-state index in [1.165, 1.54) is 60.8 Å². The maximum absolute atomic E-state index is 6.46. The molecule has 0 aliphatic heterocycles. The highest BCUT2D eigenvalue weighted by Crippen LogP contribution is 2.51. The number of hydrogen-bond donors (Lipinski definition) is 0. The lowest BCUT2D eigenvalue weighted by Crippen LogP contribution is -2.15. The number of benzene rings is 9. The van der Waals surface area contributed by atoms with Gasteiger partial charge in [-0.3, -0.25) is 0 Å². The Balaban J connectivity index is 0.873. The Hall–Kier alpha value is -7.62. The minimum Gasteiger partial charge on any atom is -0.455 e. The van der Waals surface area contributed by atoms with Crippen LogP contribution in [0.5, 0.6) is 0 Å². The van der Waals surface area contributed by atoms with Crippen molar-refractivity contribution >= 4 is 65.7 Å². The highest BCUT2D eigenvalue weighted by atomic mass is 16.3. The molecule has 282 valence electrons. The van der Waals surface area contributed by atoms with Gasteiger partial charge in [-0.25, -0.2) is 0 Å². The fraction of sp³-hybridized carbons (Fsp3) is 0.0526. The Labute approximate surface area is 346 Å². The van der Waals surface area contributed by atoms with Gasteiger partial charge in [0.1, 0.15) is 22.3 Å². The smallest absolute Gasteiger partial charge is 0.143 e. The predicted octanol–water partition coefficient (Wildman–Crippen LogP) is 15.9. The van der Waals surface area contributed by atoms with Crippen LogP contribution in [0.4, 0.5) is 0 Å². The molecule has 9 aromatic carbocycles. The minimum atomic E-state index is -0.180. The second kappa shape index (κ2) is 12.2. The molecule has 0 bridgehead atoms. The summed E-state index contributed by atoms with van der Waals surface area (Å²) in [5.41, 5.74) is 19.3. The van der Waals surface area contributed by atoms with Crippen molar-refractivity contribution in [3.63, 3.8) is 0 Å². The van der Waals surface area contributed by atoms with Gasteiger partial charge in [-0.2, -0.15) is 0 Å². The van der Waals surface area contributed by atoms with Crippen molar-refractivity contribution in [2.45, 2.75) is 19.3 Å². The molecule has 0 saturated carbocycles. The average molecular weight is 768 g/mol. The molecule has 0 atom stereocenters. The van der Waals surface area contributed by atoms with E-state index in [2.05, 4.69) is 188 Å². The Morgan fingerprint density at radius 2 is 0.833 bits per heavy atom. The van der Waals surface area contributed by atoms with E-state index in [-0.39, 0.29) is 5.41 Å². The highest BCUT2D eigenvalue weighted by Gasteiger charge is 2.36. The zero-order valence-corrected chi connectivity index (χ0v) is 33.2. The van der Waals surface area contributed by atoms with Crippen LogP contribution < -0.4 is 0 Å². The van der Waals surface area contributed by atoms with Crippen molar-refractivity contribution in [3.05, 3.63) is 199 Å². The maximum atomic E-state index is 6.46. The zero-order chi connectivity index (χ0) is 39.7. The third kappa shape index (κ3) is 4.66. The lowest BCUT2D eigenvalue weighted by molar-refractivity contribution is 0.660. The van der Waals surface area contributed by atoms with Crippen LogP contribution in [0.15, 0.2) is 197 Å². The summed E-state index contributed by atoms with van der Waals surface area (Å²) < 4.78 is 15.2. The molecule has 3 heterocycles. The highest BCUT2D eigenvalue weighted by molar-refractivity contribution is 6.12. The molecule has 60 heavy (non-hydrogen) atoms. The molecular formula is C57H37NO2. The Kier molecular flexibility index (Phi) is 6.78. The number of aromatic nitrogens is 1. The lowest BCUT2D eigenvalue weighted by Gasteiger charge is -2.22. The van der Waals surface area contributed by atoms with Gasteiger partial charge >= 0.3 is 0 Å². The largest absolute Gasteiger partial charge is 0.455 e. The number of hydrogen-bond acceptors (Lipinski definition) is 2. The molecule has 3 aromatic heterocycles. The second-order valence-electron chi connectivity index (χ2n) is 16.8. The first kappa shape index (κ1) is 33.4. The molecule has 0 N–H and O–H groups in total. The van der Waals surface area contributed by atoms with Crippen molar-refractivity contribution in [1.29, 1.82) is 0 Å². The summed E-state index contributed by atoms with van der Waals surface area (Å²) in [5.74, 6) is 0. The van der Waals surface area contributed by atoms with Gasteiger partial charge in [0.25, 0.3) is 0 Å². The van der Waals surface area contributed by atoms with E-state index < -0.39 is 0 Å². The minimum absolute atomic E-state index is 0.180. The molecule has 0 unspecified atom stereocenters. The van der Waals surface area contributed by atoms with Crippen molar-refractivity contribution in [3.8, 4) is 50.2 Å². The van der Waals surface area contributed by atoms with Gasteiger partial charge in [0.05, 0.1) is 11.0 Å². The molecule has 0 spiro atoms. The van der Waals surface area contributed by atoms with Crippen LogP contribution in [-0.2, 0) is 5.41 Å². The van der Waals surface area contributed by atoms with Crippen LogP contribution in [0, 0.1) is 0 Å². The van der Waals surface area contributed by atoms with Crippen molar-refractivity contribution in [2.24, 2.45) is 0 Å². The summed E-state index contributed by atoms with van der Waals surface area (Å²) in [6, 6.07) is 68.2. The topological polar surface area (TPSA) is 31.2 Å². The number of furan rings is 2. The summed E-state index contributed by atoms with van der Waals surface area (Å²) in [7, 11) is 0. The second-order valence-corrected chi connectivity index (χ2v) is 16.8. The standard InChI is InChI=1S/C57H37NO2/c1-57(2)49-32-36(23-28-41(49)42-29-24-37(33-50(42)57)40-15-10-17-47-45-13-5-8-20-54(45)60-56(40)47)35-25-30-52-48(31-35)43-11-3-6-18-51(43)58(52)38-26-21-34(22-27-38)39-14-9-16-46-44-12-4-7-19-53(44)59-55(39)46/h3-33H,1-2H3. The van der Waals surface area contributed by atoms with Crippen molar-refractivity contribution < 1.29 is 8.83 Å². The molecule has 12 aromatic rings. The van der Waals surface area contributed by atoms with Gasteiger partial charge < -0.3 is 13.4 Å². The molecule has 1 aliphatic rings. The first-order valence-corrected chi connectivity index (χ1v) is 20.7. The summed E-state index contributed by atoms with van der Waals surface area (Å²) >= 11 is 0. The summed E-state index contributed by atoms with van der Waals surface area (Å²) in [6.07, 6.45) is 0. The van der Waals surface area contributed by atoms with Gasteiger partial charge in [0.15, 0.2) is 0 Å². The SMILES string of the molecule is CC1(C)c2cc(-c3ccc4c(c3)c3ccccc3n4-c3ccc(-c4cccc5c4oc4ccccc45)cc3)ccc2-c2ccc(-c3cccc4c3oc3ccccc34)cc21. The third-order valence-corrected chi connectivity index (χ3v) is 13.2. The summed E-state index contributed by atoms with van der Waals surface area (Å²) in [6.45, 7) is 4.73. The quantitative estimate of drug-likeness (QED) is 0.179. The van der Waals surface area contributed by atoms with E-state index in [0.29, 0.717) is 0 Å². The monoisotopic (exact) mass is 767 g/mol. The Bertz CT molecular complexity index is 3740. The Morgan fingerprint density at radius 3 is 1.50 bits per heavy atom. The van der Waals surface area contributed by atoms with Crippen LogP contribution in [0.3, 0.4) is 0 Å². The van der Waals surface area contributed by atoms with Crippen LogP contribution in [0.1, 0.15) is 25.0 Å². The van der Waals surface area contributed by atoms with E-state index in [9.17, 15) is 0 Å². The molecule has 3 nitrogen and oxygen atoms in total. The van der Waals surface area contributed by atoms with Gasteiger partial charge in [0.2, 0.25) is 0 Å². The third-order valence-electron chi connectivity index (χ3n) is 13.2. The molecule has 1 aliphatic carbocycles. The fourth-order valence-corrected chi connectivity index (χ4v) is 10.3. The molecular weight excluding hydrogens is 731 g/mol. The van der Waals surface area contributed by atoms with Crippen molar-refractivity contribution in [1.82, 2.24) is 4.57 Å². The van der Waals surface area contributed by atoms with Gasteiger partial charge in [0, 0.05) is 54.5 Å². The maximum Gasteiger partial charge on any atom is 0.143 e. The zero-order valence-electron chi connectivity index (χ0n) is 33.2. The summed E-state index contributed by atoms with van der Waals surface area (Å²) in [5, 5.41) is 7.08. The average Bonchev–Trinajstić information content (AvgIpc) is 4.03. The number of para-hydroxylation sites is 5. The molecule has 0 fully saturated rings. The van der Waals surface area contributed by atoms with Crippen LogP contribution in [-0.4, -0.2) is 4.57 Å². The van der Waals surface area contributed by atoms with Crippen molar-refractivity contribution in [2.75, 3.05) is 0 Å². The summed E-state index contributed by atoms with van der Waals surface area (Å²) in [4.78, 5) is 0. The number of rotatable bonds is 4. The van der Waals surface area contributed by atoms with E-state index in [1.54, 1.807) is 0 Å². The van der Waals surface area contributed by atoms with Crippen LogP contribution in [0.25, 0.3) is 116 Å². The molecule has 0 saturated heterocycles. The van der Waals surface area contributed by atoms with E-state index in [0.717, 1.165) is 66.3 Å². The van der Waals surface area contributed by atoms with Gasteiger partial charge in [-0.1, -0.05) is 147 Å². The van der Waals surface area contributed by atoms with E-state index in [1.807, 2.05) is 18.2 Å². The molecule has 0 amide bonds. The van der Waals surface area contributed by atoms with Crippen LogP contribution in [0.2, 0.25) is 0 Å². The van der Waals surface area contributed by atoms with E-state index in [4.69, 9.17) is 8.83 Å². The fourth-order valence-electron chi connectivity index (χ4n) is 10.3. The van der Waals surface area contributed by atoms with Gasteiger partial charge in [-0.05, 0) is 99.1 Å². The predicted molar refractivity (Wildman–Crippen MR) is 249 cm³/mol. The number of nitrogens with zero attached hydrogens (tertiary/aromatic N) is 1. The molecule has 0 radical (unpaired) electrons. The first-order chi connectivity index (χ1) is 29.5. The van der Waals surface area contributed by atoms with E-state index >= 15 is 0 Å². The van der Waals surface area contributed by atoms with Gasteiger partial charge in [-0.15, -0.1) is 0 Å². The normalized spacial score (nSPS) is 13.3. The van der Waals surface area contributed by atoms with Crippen LogP contribution >= 0.6 is 0 Å². The first-order valence-electron chi connectivity index (χ1n) is 20.7. The number of fused-ring (bicyclic) bond motifs is 12. The Morgan fingerprint density at radius 1 is 0.350 bits per heavy atom. The molecule has 3 heteroatoms. The molecule has 13 rings (SSSR count). The lowest BCUT2D eigenvalue weighted by atomic mass is 9.80.